The summed E-state index contributed by atoms with van der Waals surface area (Å²) in [6.45, 7) is 2.08. The molecule has 0 bridgehead atoms. The molecular weight excluding hydrogens is 421 g/mol. The van der Waals surface area contributed by atoms with Crippen molar-refractivity contribution in [2.24, 2.45) is 5.92 Å². The summed E-state index contributed by atoms with van der Waals surface area (Å²) in [5.41, 5.74) is 2.24. The van der Waals surface area contributed by atoms with Crippen molar-refractivity contribution < 1.29 is 18.8 Å². The first kappa shape index (κ1) is 22.2. The molecule has 1 aliphatic rings. The molecule has 0 radical (unpaired) electrons. The van der Waals surface area contributed by atoms with Crippen LogP contribution < -0.4 is 15.5 Å². The molecule has 0 aromatic heterocycles. The first-order valence-electron chi connectivity index (χ1n) is 10.7. The van der Waals surface area contributed by atoms with Crippen molar-refractivity contribution in [2.75, 3.05) is 16.8 Å². The molecule has 0 aliphatic carbocycles. The molecule has 0 spiro atoms. The van der Waals surface area contributed by atoms with Gasteiger partial charge in [0.2, 0.25) is 11.8 Å². The zero-order chi connectivity index (χ0) is 23.4. The molecule has 1 aliphatic heterocycles. The molecule has 3 aromatic carbocycles. The van der Waals surface area contributed by atoms with Gasteiger partial charge < -0.3 is 15.5 Å². The Morgan fingerprint density at radius 1 is 0.970 bits per heavy atom. The molecule has 0 saturated carbocycles. The summed E-state index contributed by atoms with van der Waals surface area (Å²) in [4.78, 5) is 39.8. The fourth-order valence-electron chi connectivity index (χ4n) is 3.88. The summed E-state index contributed by atoms with van der Waals surface area (Å²) < 4.78 is 13.2. The fraction of sp³-hybridized carbons (Fsp3) is 0.192. The molecule has 2 atom stereocenters. The minimum Gasteiger partial charge on any atom is -0.345 e. The van der Waals surface area contributed by atoms with Gasteiger partial charge in [-0.2, -0.15) is 0 Å². The number of rotatable bonds is 6. The molecule has 7 heteroatoms. The first-order valence-corrected chi connectivity index (χ1v) is 10.7. The smallest absolute Gasteiger partial charge is 0.253 e. The summed E-state index contributed by atoms with van der Waals surface area (Å²) in [6.07, 6.45) is 0.0443. The van der Waals surface area contributed by atoms with Crippen LogP contribution in [0.15, 0.2) is 78.9 Å². The van der Waals surface area contributed by atoms with Crippen LogP contribution in [0.3, 0.4) is 0 Å². The van der Waals surface area contributed by atoms with Crippen LogP contribution in [0.5, 0.6) is 0 Å². The highest BCUT2D eigenvalue weighted by atomic mass is 19.1. The Kier molecular flexibility index (Phi) is 6.49. The minimum atomic E-state index is -0.582. The molecule has 2 unspecified atom stereocenters. The van der Waals surface area contributed by atoms with E-state index >= 15 is 0 Å². The van der Waals surface area contributed by atoms with E-state index in [1.165, 1.54) is 29.2 Å². The number of halogens is 1. The highest BCUT2D eigenvalue weighted by Crippen LogP contribution is 2.27. The molecule has 6 nitrogen and oxygen atoms in total. The van der Waals surface area contributed by atoms with Gasteiger partial charge in [0.15, 0.2) is 0 Å². The zero-order valence-corrected chi connectivity index (χ0v) is 18.1. The number of nitrogens with one attached hydrogen (secondary N) is 2. The van der Waals surface area contributed by atoms with E-state index in [-0.39, 0.29) is 36.7 Å². The van der Waals surface area contributed by atoms with Crippen LogP contribution >= 0.6 is 0 Å². The zero-order valence-electron chi connectivity index (χ0n) is 18.1. The van der Waals surface area contributed by atoms with Gasteiger partial charge in [-0.05, 0) is 48.9 Å². The van der Waals surface area contributed by atoms with E-state index in [1.54, 1.807) is 24.3 Å². The number of hydrogen-bond donors (Lipinski definition) is 2. The molecular formula is C26H24FN3O3. The topological polar surface area (TPSA) is 78.5 Å². The van der Waals surface area contributed by atoms with Crippen LogP contribution in [0.2, 0.25) is 0 Å². The van der Waals surface area contributed by atoms with Gasteiger partial charge in [0.05, 0.1) is 23.2 Å². The Morgan fingerprint density at radius 3 is 2.36 bits per heavy atom. The number of para-hydroxylation sites is 1. The maximum absolute atomic E-state index is 13.2. The lowest BCUT2D eigenvalue weighted by molar-refractivity contribution is -0.122. The second kappa shape index (κ2) is 9.65. The van der Waals surface area contributed by atoms with Crippen molar-refractivity contribution in [1.29, 1.82) is 0 Å². The SMILES string of the molecule is CC(NC(=O)c1ccccc1NC(=O)C1CC(=O)N(c2ccc(F)cc2)C1)c1ccccc1. The van der Waals surface area contributed by atoms with Gasteiger partial charge in [-0.15, -0.1) is 0 Å². The molecule has 1 heterocycles. The number of carbonyl (C=O) groups excluding carboxylic acids is 3. The number of amides is 3. The van der Waals surface area contributed by atoms with Crippen molar-refractivity contribution in [3.05, 3.63) is 95.8 Å². The number of hydrogen-bond acceptors (Lipinski definition) is 3. The van der Waals surface area contributed by atoms with Gasteiger partial charge in [0, 0.05) is 18.7 Å². The molecule has 1 saturated heterocycles. The predicted octanol–water partition coefficient (Wildman–Crippen LogP) is 4.31. The summed E-state index contributed by atoms with van der Waals surface area (Å²) >= 11 is 0. The monoisotopic (exact) mass is 445 g/mol. The molecule has 33 heavy (non-hydrogen) atoms. The number of nitrogens with zero attached hydrogens (tertiary/aromatic N) is 1. The van der Waals surface area contributed by atoms with Crippen molar-refractivity contribution >= 4 is 29.1 Å². The number of benzene rings is 3. The van der Waals surface area contributed by atoms with Gasteiger partial charge in [-0.25, -0.2) is 4.39 Å². The molecule has 3 amide bonds. The first-order chi connectivity index (χ1) is 15.9. The Balaban J connectivity index is 1.44. The minimum absolute atomic E-state index is 0.0443. The Bertz CT molecular complexity index is 1160. The maximum Gasteiger partial charge on any atom is 0.253 e. The lowest BCUT2D eigenvalue weighted by Crippen LogP contribution is -2.30. The standard InChI is InChI=1S/C26H24FN3O3/c1-17(18-7-3-2-4-8-18)28-26(33)22-9-5-6-10-23(22)29-25(32)19-15-24(31)30(16-19)21-13-11-20(27)12-14-21/h2-14,17,19H,15-16H2,1H3,(H,28,33)(H,29,32). The third-order valence-corrected chi connectivity index (χ3v) is 5.71. The molecule has 1 fully saturated rings. The number of carbonyl (C=O) groups is 3. The van der Waals surface area contributed by atoms with Crippen LogP contribution in [-0.4, -0.2) is 24.3 Å². The van der Waals surface area contributed by atoms with E-state index in [0.717, 1.165) is 5.56 Å². The second-order valence-electron chi connectivity index (χ2n) is 8.02. The van der Waals surface area contributed by atoms with Crippen LogP contribution in [0.1, 0.15) is 35.3 Å². The molecule has 2 N–H and O–H groups in total. The predicted molar refractivity (Wildman–Crippen MR) is 124 cm³/mol. The lowest BCUT2D eigenvalue weighted by atomic mass is 10.1. The van der Waals surface area contributed by atoms with Crippen molar-refractivity contribution in [1.82, 2.24) is 5.32 Å². The fourth-order valence-corrected chi connectivity index (χ4v) is 3.88. The van der Waals surface area contributed by atoms with Gasteiger partial charge in [-0.3, -0.25) is 14.4 Å². The van der Waals surface area contributed by atoms with Gasteiger partial charge in [0.1, 0.15) is 5.82 Å². The van der Waals surface area contributed by atoms with Crippen LogP contribution in [0, 0.1) is 11.7 Å². The Hall–Kier alpha value is -4.00. The van der Waals surface area contributed by atoms with E-state index in [1.807, 2.05) is 37.3 Å². The Labute approximate surface area is 191 Å². The van der Waals surface area contributed by atoms with Crippen molar-refractivity contribution in [3.63, 3.8) is 0 Å². The number of anilines is 2. The summed E-state index contributed by atoms with van der Waals surface area (Å²) in [6, 6.07) is 21.7. The van der Waals surface area contributed by atoms with Crippen molar-refractivity contribution in [3.8, 4) is 0 Å². The highest BCUT2D eigenvalue weighted by molar-refractivity contribution is 6.07. The largest absolute Gasteiger partial charge is 0.345 e. The third kappa shape index (κ3) is 5.09. The average Bonchev–Trinajstić information content (AvgIpc) is 3.22. The normalized spacial score (nSPS) is 16.4. The molecule has 168 valence electrons. The summed E-state index contributed by atoms with van der Waals surface area (Å²) in [5.74, 6) is -1.83. The van der Waals surface area contributed by atoms with Gasteiger partial charge in [-0.1, -0.05) is 42.5 Å². The van der Waals surface area contributed by atoms with Crippen molar-refractivity contribution in [2.45, 2.75) is 19.4 Å². The molecule has 4 rings (SSSR count). The highest BCUT2D eigenvalue weighted by Gasteiger charge is 2.35. The van der Waals surface area contributed by atoms with E-state index in [0.29, 0.717) is 16.9 Å². The Morgan fingerprint density at radius 2 is 1.64 bits per heavy atom. The van der Waals surface area contributed by atoms with E-state index < -0.39 is 11.7 Å². The van der Waals surface area contributed by atoms with E-state index in [4.69, 9.17) is 0 Å². The third-order valence-electron chi connectivity index (χ3n) is 5.71. The quantitative estimate of drug-likeness (QED) is 0.594. The molecule has 3 aromatic rings. The van der Waals surface area contributed by atoms with Crippen LogP contribution in [0.25, 0.3) is 0 Å². The van der Waals surface area contributed by atoms with Gasteiger partial charge in [0.25, 0.3) is 5.91 Å². The average molecular weight is 445 g/mol. The van der Waals surface area contributed by atoms with E-state index in [2.05, 4.69) is 10.6 Å². The second-order valence-corrected chi connectivity index (χ2v) is 8.02. The van der Waals surface area contributed by atoms with Crippen LogP contribution in [-0.2, 0) is 9.59 Å². The van der Waals surface area contributed by atoms with E-state index in [9.17, 15) is 18.8 Å². The van der Waals surface area contributed by atoms with Gasteiger partial charge >= 0.3 is 0 Å². The maximum atomic E-state index is 13.2. The lowest BCUT2D eigenvalue weighted by Gasteiger charge is -2.18. The van der Waals surface area contributed by atoms with Crippen LogP contribution in [0.4, 0.5) is 15.8 Å². The summed E-state index contributed by atoms with van der Waals surface area (Å²) in [7, 11) is 0. The summed E-state index contributed by atoms with van der Waals surface area (Å²) in [5, 5.41) is 5.76.